The first kappa shape index (κ1) is 30.0. The lowest BCUT2D eigenvalue weighted by molar-refractivity contribution is 0.674. The first-order chi connectivity index (χ1) is 26.3. The van der Waals surface area contributed by atoms with E-state index in [1.54, 1.807) is 0 Å². The van der Waals surface area contributed by atoms with E-state index in [-0.39, 0.29) is 0 Å². The molecular weight excluding hydrogens is 663 g/mol. The van der Waals surface area contributed by atoms with Crippen LogP contribution in [0.5, 0.6) is 0 Å². The fraction of sp³-hybridized carbons (Fsp3) is 0. The molecule has 0 atom stereocenters. The van der Waals surface area contributed by atoms with E-state index in [1.165, 1.54) is 47.5 Å². The van der Waals surface area contributed by atoms with Gasteiger partial charge in [-0.05, 0) is 75.8 Å². The van der Waals surface area contributed by atoms with Crippen molar-refractivity contribution in [3.05, 3.63) is 188 Å². The number of fused-ring (bicyclic) bond motifs is 9. The maximum atomic E-state index is 6.88. The Kier molecular flexibility index (Phi) is 6.76. The summed E-state index contributed by atoms with van der Waals surface area (Å²) < 4.78 is 9.46. The maximum Gasteiger partial charge on any atom is 0.143 e. The van der Waals surface area contributed by atoms with Crippen LogP contribution in [-0.2, 0) is 0 Å². The standard InChI is InChI=1S/C50H31NOS/c1-3-14-37-32(11-1)13-9-18-38(37)34-23-26-35(27-24-34)51(36-28-30-48-45(31-36)41-17-6-8-22-47(41)53-48)46-21-7-5-16-40(46)42-19-10-20-43-44-29-25-33-12-2-4-15-39(33)49(44)52-50(42)43/h1-31H. The molecule has 0 spiro atoms. The van der Waals surface area contributed by atoms with Gasteiger partial charge in [0.25, 0.3) is 0 Å². The molecule has 0 amide bonds. The molecule has 2 heterocycles. The Morgan fingerprint density at radius 3 is 1.85 bits per heavy atom. The maximum absolute atomic E-state index is 6.88. The molecule has 0 unspecified atom stereocenters. The zero-order chi connectivity index (χ0) is 34.9. The number of benzene rings is 9. The highest BCUT2D eigenvalue weighted by molar-refractivity contribution is 7.25. The number of hydrogen-bond donors (Lipinski definition) is 0. The number of furan rings is 1. The van der Waals surface area contributed by atoms with E-state index in [1.807, 2.05) is 11.3 Å². The normalized spacial score (nSPS) is 11.8. The third-order valence-electron chi connectivity index (χ3n) is 10.7. The van der Waals surface area contributed by atoms with Crippen molar-refractivity contribution in [3.8, 4) is 22.3 Å². The highest BCUT2D eigenvalue weighted by atomic mass is 32.1. The molecule has 11 aromatic rings. The Labute approximate surface area is 310 Å². The van der Waals surface area contributed by atoms with Crippen molar-refractivity contribution < 1.29 is 4.42 Å². The summed E-state index contributed by atoms with van der Waals surface area (Å²) in [7, 11) is 0. The van der Waals surface area contributed by atoms with Gasteiger partial charge in [0.2, 0.25) is 0 Å². The summed E-state index contributed by atoms with van der Waals surface area (Å²) in [6.07, 6.45) is 0. The molecular formula is C50H31NOS. The Morgan fingerprint density at radius 2 is 0.962 bits per heavy atom. The molecule has 0 saturated heterocycles. The molecule has 0 N–H and O–H groups in total. The zero-order valence-corrected chi connectivity index (χ0v) is 29.5. The minimum atomic E-state index is 0.900. The van der Waals surface area contributed by atoms with E-state index >= 15 is 0 Å². The van der Waals surface area contributed by atoms with Gasteiger partial charge >= 0.3 is 0 Å². The fourth-order valence-electron chi connectivity index (χ4n) is 8.18. The number of rotatable bonds is 5. The molecule has 53 heavy (non-hydrogen) atoms. The molecule has 2 aromatic heterocycles. The zero-order valence-electron chi connectivity index (χ0n) is 28.7. The predicted octanol–water partition coefficient (Wildman–Crippen LogP) is 15.1. The molecule has 0 saturated carbocycles. The van der Waals surface area contributed by atoms with Gasteiger partial charge in [-0.25, -0.2) is 0 Å². The van der Waals surface area contributed by atoms with Crippen LogP contribution < -0.4 is 4.90 Å². The smallest absolute Gasteiger partial charge is 0.143 e. The van der Waals surface area contributed by atoms with E-state index in [2.05, 4.69) is 193 Å². The monoisotopic (exact) mass is 693 g/mol. The topological polar surface area (TPSA) is 16.4 Å². The quantitative estimate of drug-likeness (QED) is 0.178. The van der Waals surface area contributed by atoms with Gasteiger partial charge in [0.05, 0.1) is 5.69 Å². The van der Waals surface area contributed by atoms with Crippen molar-refractivity contribution in [2.75, 3.05) is 4.90 Å². The van der Waals surface area contributed by atoms with Gasteiger partial charge < -0.3 is 9.32 Å². The number of para-hydroxylation sites is 2. The molecule has 0 fully saturated rings. The number of nitrogens with zero attached hydrogens (tertiary/aromatic N) is 1. The summed E-state index contributed by atoms with van der Waals surface area (Å²) in [5.41, 5.74) is 9.71. The summed E-state index contributed by atoms with van der Waals surface area (Å²) in [4.78, 5) is 2.41. The molecule has 11 rings (SSSR count). The third kappa shape index (κ3) is 4.78. The molecule has 0 aliphatic rings. The molecule has 0 bridgehead atoms. The van der Waals surface area contributed by atoms with Gasteiger partial charge in [0.15, 0.2) is 0 Å². The highest BCUT2D eigenvalue weighted by Crippen LogP contribution is 2.47. The minimum Gasteiger partial charge on any atom is -0.455 e. The SMILES string of the molecule is c1ccc(N(c2ccc(-c3cccc4ccccc34)cc2)c2ccc3sc4ccccc4c3c2)c(-c2cccc3c2oc2c4ccccc4ccc32)c1. The molecule has 9 aromatic carbocycles. The highest BCUT2D eigenvalue weighted by Gasteiger charge is 2.22. The van der Waals surface area contributed by atoms with Crippen LogP contribution in [0.25, 0.3) is 85.9 Å². The van der Waals surface area contributed by atoms with Crippen molar-refractivity contribution in [1.29, 1.82) is 0 Å². The van der Waals surface area contributed by atoms with Gasteiger partial charge in [0.1, 0.15) is 11.2 Å². The summed E-state index contributed by atoms with van der Waals surface area (Å²) in [6, 6.07) is 68.0. The Hall–Kier alpha value is -6.68. The molecule has 3 heteroatoms. The Bertz CT molecular complexity index is 3180. The number of hydrogen-bond acceptors (Lipinski definition) is 3. The van der Waals surface area contributed by atoms with Crippen molar-refractivity contribution in [2.24, 2.45) is 0 Å². The lowest BCUT2D eigenvalue weighted by Gasteiger charge is -2.28. The van der Waals surface area contributed by atoms with E-state index in [0.717, 1.165) is 55.5 Å². The van der Waals surface area contributed by atoms with Gasteiger partial charge in [-0.15, -0.1) is 11.3 Å². The van der Waals surface area contributed by atoms with Crippen LogP contribution in [0.2, 0.25) is 0 Å². The van der Waals surface area contributed by atoms with Crippen LogP contribution in [0.3, 0.4) is 0 Å². The van der Waals surface area contributed by atoms with Crippen molar-refractivity contribution in [1.82, 2.24) is 0 Å². The average molecular weight is 694 g/mol. The van der Waals surface area contributed by atoms with Crippen LogP contribution in [-0.4, -0.2) is 0 Å². The lowest BCUT2D eigenvalue weighted by Crippen LogP contribution is -2.11. The lowest BCUT2D eigenvalue weighted by atomic mass is 9.97. The van der Waals surface area contributed by atoms with Crippen LogP contribution >= 0.6 is 11.3 Å². The summed E-state index contributed by atoms with van der Waals surface area (Å²) in [6.45, 7) is 0. The predicted molar refractivity (Wildman–Crippen MR) is 227 cm³/mol. The van der Waals surface area contributed by atoms with Gasteiger partial charge in [-0.1, -0.05) is 140 Å². The van der Waals surface area contributed by atoms with Crippen molar-refractivity contribution in [3.63, 3.8) is 0 Å². The van der Waals surface area contributed by atoms with Crippen LogP contribution in [0, 0.1) is 0 Å². The van der Waals surface area contributed by atoms with Crippen LogP contribution in [0.1, 0.15) is 0 Å². The molecule has 0 aliphatic carbocycles. The van der Waals surface area contributed by atoms with Gasteiger partial charge in [-0.3, -0.25) is 0 Å². The van der Waals surface area contributed by atoms with Crippen molar-refractivity contribution in [2.45, 2.75) is 0 Å². The van der Waals surface area contributed by atoms with Crippen LogP contribution in [0.4, 0.5) is 17.1 Å². The third-order valence-corrected chi connectivity index (χ3v) is 11.8. The van der Waals surface area contributed by atoms with E-state index in [9.17, 15) is 0 Å². The van der Waals surface area contributed by atoms with Crippen LogP contribution in [0.15, 0.2) is 192 Å². The summed E-state index contributed by atoms with van der Waals surface area (Å²) in [5.74, 6) is 0. The molecule has 0 aliphatic heterocycles. The summed E-state index contributed by atoms with van der Waals surface area (Å²) >= 11 is 1.85. The van der Waals surface area contributed by atoms with E-state index in [0.29, 0.717) is 0 Å². The Balaban J connectivity index is 1.13. The van der Waals surface area contributed by atoms with Crippen molar-refractivity contribution >= 4 is 92.1 Å². The second kappa shape index (κ2) is 11.9. The average Bonchev–Trinajstić information content (AvgIpc) is 3.80. The molecule has 0 radical (unpaired) electrons. The van der Waals surface area contributed by atoms with E-state index in [4.69, 9.17) is 4.42 Å². The molecule has 2 nitrogen and oxygen atoms in total. The number of thiophene rings is 1. The van der Waals surface area contributed by atoms with Gasteiger partial charge in [-0.2, -0.15) is 0 Å². The first-order valence-electron chi connectivity index (χ1n) is 18.0. The Morgan fingerprint density at radius 1 is 0.358 bits per heavy atom. The first-order valence-corrected chi connectivity index (χ1v) is 18.8. The van der Waals surface area contributed by atoms with Gasteiger partial charge in [0, 0.05) is 58.8 Å². The second-order valence-corrected chi connectivity index (χ2v) is 14.7. The summed E-state index contributed by atoms with van der Waals surface area (Å²) in [5, 5.41) is 9.61. The second-order valence-electron chi connectivity index (χ2n) is 13.7. The fourth-order valence-corrected chi connectivity index (χ4v) is 9.27. The molecule has 248 valence electrons. The largest absolute Gasteiger partial charge is 0.455 e. The van der Waals surface area contributed by atoms with E-state index < -0.39 is 0 Å². The number of anilines is 3. The minimum absolute atomic E-state index is 0.900.